The molecule has 28 N–H and O–H groups in total. The van der Waals surface area contributed by atoms with Gasteiger partial charge in [0, 0.05) is 54.3 Å². The molecule has 0 saturated carbocycles. The number of amides is 14. The Bertz CT molecular complexity index is 4210. The number of hydrogen-bond donors (Lipinski definition) is 26. The van der Waals surface area contributed by atoms with E-state index < -0.39 is 199 Å². The molecule has 120 heavy (non-hydrogen) atoms. The first-order chi connectivity index (χ1) is 57.2. The second-order valence-corrected chi connectivity index (χ2v) is 29.5. The van der Waals surface area contributed by atoms with Crippen LogP contribution in [0.4, 0.5) is 0 Å². The van der Waals surface area contributed by atoms with Gasteiger partial charge < -0.3 is 117 Å². The van der Waals surface area contributed by atoms with Crippen molar-refractivity contribution in [1.29, 1.82) is 0 Å². The lowest BCUT2D eigenvalue weighted by molar-refractivity contribution is -0.142. The number of aromatic amines is 1. The largest absolute Gasteiger partial charge is 0.480 e. The fourth-order valence-electron chi connectivity index (χ4n) is 12.2. The number of aliphatic hydroxyl groups is 3. The van der Waals surface area contributed by atoms with Crippen LogP contribution in [0.3, 0.4) is 0 Å². The molecule has 0 aliphatic rings. The molecule has 41 heteroatoms. The zero-order valence-corrected chi connectivity index (χ0v) is 68.9. The standard InChI is InChI=1S/C79H114N20O19S2/c1-43(101)66(77(115)95-57(34-49-24-12-7-13-25-49)74(112)99-67(44(2)102)78(116)96-60(40-100)75(113)97-62(42-120)79(117)118)98-69(107)54(29-17-19-31-81)89-72(110)58(35-50-37-86-52-27-15-14-26-51(50)52)93-71(109)56(33-48-22-10-6-11-23-48)91-70(108)55(32-47-20-8-5-9-21-47)92-73(111)59(36-63(83)103)94-68(106)53(28-16-18-30-80)90-76(114)61(41-119)88-65(105)39-85-46(4)87-64(104)38-84-45(3)82/h5-15,20-27,37,43-46,53-62,66-67,84-86,100-102,119-120H,16-19,28-36,38-42,80-82H2,1-4H3,(H2,83,103)(H,87,104)(H,88,105)(H,89,110)(H,90,114)(H,91,108)(H,92,111)(H,93,109)(H,94,106)(H,95,115)(H,96,116)(H,97,113)(H,98,107)(H,99,112)(H,117,118)/t43?,44?,45?,46?,53-,54-,55-,56-,57-,58+,59-,60-,61-,62-,66-,67-/m0/s1. The smallest absolute Gasteiger partial charge is 0.327 e. The maximum absolute atomic E-state index is 15.4. The van der Waals surface area contributed by atoms with Crippen LogP contribution in [0, 0.1) is 0 Å². The second kappa shape index (κ2) is 52.0. The average molecular weight is 1710 g/mol. The Morgan fingerprint density at radius 2 is 0.750 bits per heavy atom. The number of benzene rings is 4. The third-order valence-corrected chi connectivity index (χ3v) is 19.5. The van der Waals surface area contributed by atoms with Crippen LogP contribution in [0.25, 0.3) is 10.9 Å². The highest BCUT2D eigenvalue weighted by Gasteiger charge is 2.39. The van der Waals surface area contributed by atoms with Crippen LogP contribution in [0.5, 0.6) is 0 Å². The molecule has 0 radical (unpaired) electrons. The number of H-pyrrole nitrogens is 1. The van der Waals surface area contributed by atoms with E-state index in [0.29, 0.717) is 46.0 Å². The molecule has 5 aromatic rings. The zero-order valence-electron chi connectivity index (χ0n) is 67.1. The van der Waals surface area contributed by atoms with Crippen LogP contribution in [0.2, 0.25) is 0 Å². The molecule has 4 aromatic carbocycles. The number of unbranched alkanes of at least 4 members (excludes halogenated alkanes) is 2. The highest BCUT2D eigenvalue weighted by molar-refractivity contribution is 7.80. The number of nitrogens with one attached hydrogen (secondary N) is 16. The monoisotopic (exact) mass is 1710 g/mol. The fourth-order valence-corrected chi connectivity index (χ4v) is 12.8. The van der Waals surface area contributed by atoms with Crippen molar-refractivity contribution in [2.75, 3.05) is 44.3 Å². The summed E-state index contributed by atoms with van der Waals surface area (Å²) in [5, 5.41) is 80.5. The number of fused-ring (bicyclic) bond motifs is 1. The van der Waals surface area contributed by atoms with Gasteiger partial charge in [-0.05, 0) is 108 Å². The van der Waals surface area contributed by atoms with Gasteiger partial charge in [-0.3, -0.25) is 77.8 Å². The van der Waals surface area contributed by atoms with Gasteiger partial charge in [-0.1, -0.05) is 109 Å². The maximum atomic E-state index is 15.4. The number of aliphatic hydroxyl groups excluding tert-OH is 3. The maximum Gasteiger partial charge on any atom is 0.327 e. The summed E-state index contributed by atoms with van der Waals surface area (Å²) in [4.78, 5) is 213. The second-order valence-electron chi connectivity index (χ2n) is 28.7. The summed E-state index contributed by atoms with van der Waals surface area (Å²) < 4.78 is 0. The highest BCUT2D eigenvalue weighted by Crippen LogP contribution is 2.21. The van der Waals surface area contributed by atoms with E-state index in [4.69, 9.17) is 22.9 Å². The van der Waals surface area contributed by atoms with Crippen LogP contribution < -0.4 is 103 Å². The van der Waals surface area contributed by atoms with Crippen molar-refractivity contribution in [2.24, 2.45) is 22.9 Å². The first-order valence-corrected chi connectivity index (χ1v) is 40.4. The van der Waals surface area contributed by atoms with Gasteiger partial charge in [0.05, 0.1) is 50.7 Å². The Morgan fingerprint density at radius 1 is 0.400 bits per heavy atom. The van der Waals surface area contributed by atoms with Crippen molar-refractivity contribution in [3.05, 3.63) is 144 Å². The Hall–Kier alpha value is -11.1. The third-order valence-electron chi connectivity index (χ3n) is 18.8. The molecule has 16 atom stereocenters. The van der Waals surface area contributed by atoms with Crippen LogP contribution in [0.1, 0.15) is 94.9 Å². The zero-order chi connectivity index (χ0) is 88.5. The normalized spacial score (nSPS) is 15.2. The van der Waals surface area contributed by atoms with Gasteiger partial charge in [-0.15, -0.1) is 0 Å². The van der Waals surface area contributed by atoms with E-state index in [9.17, 15) is 78.0 Å². The lowest BCUT2D eigenvalue weighted by Crippen LogP contribution is -2.63. The molecule has 656 valence electrons. The summed E-state index contributed by atoms with van der Waals surface area (Å²) in [6.07, 6.45) is -4.14. The number of para-hydroxylation sites is 1. The Balaban J connectivity index is 1.45. The lowest BCUT2D eigenvalue weighted by atomic mass is 10.00. The van der Waals surface area contributed by atoms with Crippen molar-refractivity contribution in [3.8, 4) is 0 Å². The van der Waals surface area contributed by atoms with E-state index >= 15 is 14.4 Å². The van der Waals surface area contributed by atoms with Crippen molar-refractivity contribution in [1.82, 2.24) is 84.7 Å². The van der Waals surface area contributed by atoms with Gasteiger partial charge >= 0.3 is 5.97 Å². The molecule has 39 nitrogen and oxygen atoms in total. The van der Waals surface area contributed by atoms with Crippen LogP contribution in [-0.2, 0) is 97.6 Å². The van der Waals surface area contributed by atoms with Crippen LogP contribution in [0.15, 0.2) is 121 Å². The first kappa shape index (κ1) is 99.4. The molecule has 0 fully saturated rings. The molecule has 5 rings (SSSR count). The number of primary amides is 1. The Labute approximate surface area is 704 Å². The van der Waals surface area contributed by atoms with Crippen molar-refractivity contribution >= 4 is 125 Å². The molecule has 0 bridgehead atoms. The predicted molar refractivity (Wildman–Crippen MR) is 448 cm³/mol. The van der Waals surface area contributed by atoms with E-state index in [1.54, 1.807) is 135 Å². The molecule has 4 unspecified atom stereocenters. The minimum Gasteiger partial charge on any atom is -0.480 e. The molecule has 0 aliphatic carbocycles. The minimum atomic E-state index is -1.91. The van der Waals surface area contributed by atoms with E-state index in [1.165, 1.54) is 0 Å². The summed E-state index contributed by atoms with van der Waals surface area (Å²) in [5.41, 5.74) is 25.6. The van der Waals surface area contributed by atoms with Gasteiger partial charge in [0.2, 0.25) is 82.7 Å². The molecular formula is C79H114N20O19S2. The van der Waals surface area contributed by atoms with E-state index in [0.717, 1.165) is 13.8 Å². The van der Waals surface area contributed by atoms with Crippen molar-refractivity contribution in [3.63, 3.8) is 0 Å². The van der Waals surface area contributed by atoms with Gasteiger partial charge in [-0.2, -0.15) is 25.3 Å². The quantitative estimate of drug-likeness (QED) is 0.00979. The molecule has 14 amide bonds. The van der Waals surface area contributed by atoms with Gasteiger partial charge in [0.25, 0.3) is 0 Å². The van der Waals surface area contributed by atoms with Crippen molar-refractivity contribution in [2.45, 2.75) is 195 Å². The average Bonchev–Trinajstić information content (AvgIpc) is 1.63. The number of nitrogens with two attached hydrogens (primary N) is 4. The number of aromatic nitrogens is 1. The van der Waals surface area contributed by atoms with E-state index in [2.05, 4.69) is 110 Å². The minimum absolute atomic E-state index is 0.0711. The summed E-state index contributed by atoms with van der Waals surface area (Å²) in [6, 6.07) is 11.9. The Morgan fingerprint density at radius 3 is 1.18 bits per heavy atom. The van der Waals surface area contributed by atoms with Gasteiger partial charge in [0.1, 0.15) is 72.5 Å². The number of rotatable bonds is 54. The van der Waals surface area contributed by atoms with Crippen LogP contribution >= 0.6 is 25.3 Å². The summed E-state index contributed by atoms with van der Waals surface area (Å²) in [6.45, 7) is 4.25. The number of carboxylic acids is 1. The fraction of sp³-hybridized carbons (Fsp3) is 0.481. The topological polar surface area (TPSA) is 637 Å². The predicted octanol–water partition coefficient (Wildman–Crippen LogP) is -5.97. The molecular weight excluding hydrogens is 1600 g/mol. The first-order valence-electron chi connectivity index (χ1n) is 39.1. The van der Waals surface area contributed by atoms with E-state index in [1.807, 2.05) is 0 Å². The summed E-state index contributed by atoms with van der Waals surface area (Å²) in [7, 11) is 0. The number of thiol groups is 2. The number of hydrogen-bond acceptors (Lipinski definition) is 25. The number of carbonyl (C=O) groups excluding carboxylic acids is 14. The molecule has 0 spiro atoms. The van der Waals surface area contributed by atoms with Gasteiger partial charge in [-0.25, -0.2) is 4.79 Å². The van der Waals surface area contributed by atoms with Gasteiger partial charge in [0.15, 0.2) is 0 Å². The van der Waals surface area contributed by atoms with E-state index in [-0.39, 0.29) is 89.1 Å². The molecule has 0 aliphatic heterocycles. The molecule has 1 aromatic heterocycles. The number of aliphatic carboxylic acids is 1. The highest BCUT2D eigenvalue weighted by atomic mass is 32.1. The number of carboxylic acid groups (broad SMARTS) is 1. The lowest BCUT2D eigenvalue weighted by Gasteiger charge is -2.29. The van der Waals surface area contributed by atoms with Crippen LogP contribution in [-0.4, -0.2) is 255 Å². The molecule has 1 heterocycles. The summed E-state index contributed by atoms with van der Waals surface area (Å²) in [5.74, 6) is -15.9. The third kappa shape index (κ3) is 34.3. The van der Waals surface area contributed by atoms with Crippen molar-refractivity contribution < 1.29 is 92.3 Å². The summed E-state index contributed by atoms with van der Waals surface area (Å²) >= 11 is 8.16. The Kier molecular flexibility index (Phi) is 43.1. The number of carbonyl (C=O) groups is 15. The molecule has 0 saturated heterocycles. The SMILES string of the molecule is CC(N)NCC(=O)NC(C)NCC(=O)N[C@@H](CS)C(=O)N[C@@H](CCCCN)C(=O)N[C@@H](CC(N)=O)C(=O)N[C@@H](Cc1ccccc1)C(=O)N[C@@H](Cc1ccccc1)C(=O)N[C@H](Cc1c[nH]c2ccccc12)C(=O)N[C@@H](CCCCN)C(=O)N[C@H](C(=O)N[C@@H](Cc1ccccc1)C(=O)N[C@H](C(=O)N[C@@H](CO)C(=O)N[C@@H](CS)C(=O)O)C(C)O)C(C)O.